The average molecular weight is 784 g/mol. The number of halogens is 1. The van der Waals surface area contributed by atoms with Crippen LogP contribution in [0.15, 0.2) is 132 Å². The second kappa shape index (κ2) is 16.7. The summed E-state index contributed by atoms with van der Waals surface area (Å²) in [7, 11) is 1.68. The fourth-order valence-corrected chi connectivity index (χ4v) is 9.34. The van der Waals surface area contributed by atoms with Crippen molar-refractivity contribution in [2.75, 3.05) is 52.9 Å². The third-order valence-electron chi connectivity index (χ3n) is 11.8. The van der Waals surface area contributed by atoms with E-state index < -0.39 is 11.5 Å². The largest absolute Gasteiger partial charge is 0.481 e. The number of aliphatic hydroxyl groups is 1. The van der Waals surface area contributed by atoms with Crippen LogP contribution in [0, 0.1) is 0 Å². The molecule has 0 aliphatic carbocycles. The molecule has 0 saturated carbocycles. The molecule has 54 heavy (non-hydrogen) atoms. The van der Waals surface area contributed by atoms with Crippen LogP contribution >= 0.6 is 15.9 Å². The lowest BCUT2D eigenvalue weighted by atomic mass is 9.71. The van der Waals surface area contributed by atoms with E-state index in [9.17, 15) is 5.11 Å². The van der Waals surface area contributed by atoms with Crippen molar-refractivity contribution in [2.24, 2.45) is 0 Å². The maximum atomic E-state index is 13.4. The highest BCUT2D eigenvalue weighted by Crippen LogP contribution is 2.48. The molecule has 278 valence electrons. The van der Waals surface area contributed by atoms with Crippen molar-refractivity contribution in [1.82, 2.24) is 19.7 Å². The quantitative estimate of drug-likeness (QED) is 0.118. The highest BCUT2D eigenvalue weighted by molar-refractivity contribution is 9.10. The Kier molecular flexibility index (Phi) is 11.4. The first-order valence-electron chi connectivity index (χ1n) is 19.6. The summed E-state index contributed by atoms with van der Waals surface area (Å²) in [5, 5.41) is 16.7. The van der Waals surface area contributed by atoms with E-state index in [2.05, 4.69) is 140 Å². The molecule has 5 aromatic carbocycles. The Morgan fingerprint density at radius 2 is 1.50 bits per heavy atom. The van der Waals surface area contributed by atoms with Gasteiger partial charge in [-0.3, -0.25) is 9.80 Å². The van der Waals surface area contributed by atoms with Gasteiger partial charge in [0.2, 0.25) is 5.88 Å². The predicted octanol–water partition coefficient (Wildman–Crippen LogP) is 9.24. The Morgan fingerprint density at radius 3 is 2.28 bits per heavy atom. The number of nitrogens with zero attached hydrogens (tertiary/aromatic N) is 4. The van der Waals surface area contributed by atoms with E-state index in [1.807, 2.05) is 18.2 Å². The molecule has 2 saturated heterocycles. The van der Waals surface area contributed by atoms with E-state index in [0.29, 0.717) is 18.3 Å². The molecule has 2 aliphatic rings. The summed E-state index contributed by atoms with van der Waals surface area (Å²) < 4.78 is 7.01. The molecule has 0 amide bonds. The van der Waals surface area contributed by atoms with Crippen molar-refractivity contribution in [3.05, 3.63) is 154 Å². The molecule has 8 rings (SSSR count). The van der Waals surface area contributed by atoms with Gasteiger partial charge in [0, 0.05) is 73.2 Å². The Morgan fingerprint density at radius 1 is 0.759 bits per heavy atom. The summed E-state index contributed by atoms with van der Waals surface area (Å²) >= 11 is 3.67. The third-order valence-corrected chi connectivity index (χ3v) is 12.3. The Labute approximate surface area is 328 Å². The summed E-state index contributed by atoms with van der Waals surface area (Å²) in [5.41, 5.74) is 3.87. The number of benzene rings is 5. The molecule has 3 heterocycles. The molecule has 3 atom stereocenters. The maximum absolute atomic E-state index is 13.4. The summed E-state index contributed by atoms with van der Waals surface area (Å²) in [6.07, 6.45) is 3.77. The molecule has 0 spiro atoms. The van der Waals surface area contributed by atoms with Crippen molar-refractivity contribution in [3.63, 3.8) is 0 Å². The highest BCUT2D eigenvalue weighted by atomic mass is 79.9. The van der Waals surface area contributed by atoms with Crippen molar-refractivity contribution < 1.29 is 9.84 Å². The summed E-state index contributed by atoms with van der Waals surface area (Å²) in [6.45, 7) is 8.91. The van der Waals surface area contributed by atoms with E-state index in [4.69, 9.17) is 9.72 Å². The van der Waals surface area contributed by atoms with E-state index in [1.54, 1.807) is 7.11 Å². The zero-order valence-electron chi connectivity index (χ0n) is 31.3. The number of piperazine rings is 1. The van der Waals surface area contributed by atoms with E-state index in [-0.39, 0.29) is 0 Å². The number of likely N-dealkylation sites (tertiary alicyclic amines) is 1. The lowest BCUT2D eigenvalue weighted by Crippen LogP contribution is -2.51. The fraction of sp³-hybridized carbons (Fsp3) is 0.340. The number of hydrogen-bond acceptors (Lipinski definition) is 6. The van der Waals surface area contributed by atoms with Crippen LogP contribution < -0.4 is 4.74 Å². The highest BCUT2D eigenvalue weighted by Gasteiger charge is 2.42. The van der Waals surface area contributed by atoms with Crippen molar-refractivity contribution >= 4 is 37.6 Å². The second-order valence-electron chi connectivity index (χ2n) is 15.3. The summed E-state index contributed by atoms with van der Waals surface area (Å²) in [6, 6.07) is 45.1. The van der Waals surface area contributed by atoms with E-state index >= 15 is 0 Å². The van der Waals surface area contributed by atoms with Gasteiger partial charge in [-0.05, 0) is 90.0 Å². The number of ether oxygens (including phenoxy) is 1. The van der Waals surface area contributed by atoms with Gasteiger partial charge >= 0.3 is 0 Å². The van der Waals surface area contributed by atoms with Gasteiger partial charge in [0.05, 0.1) is 12.6 Å². The minimum absolute atomic E-state index is 0.415. The number of aromatic nitrogens is 1. The topological polar surface area (TPSA) is 52.1 Å². The number of methoxy groups -OCH3 is 1. The monoisotopic (exact) mass is 782 g/mol. The van der Waals surface area contributed by atoms with Gasteiger partial charge in [-0.2, -0.15) is 0 Å². The third kappa shape index (κ3) is 8.12. The molecule has 0 bridgehead atoms. The lowest BCUT2D eigenvalue weighted by molar-refractivity contribution is 0.00616. The zero-order valence-corrected chi connectivity index (χ0v) is 32.9. The van der Waals surface area contributed by atoms with Gasteiger partial charge in [0.25, 0.3) is 0 Å². The average Bonchev–Trinajstić information content (AvgIpc) is 3.68. The molecule has 6 nitrogen and oxygen atoms in total. The smallest absolute Gasteiger partial charge is 0.217 e. The van der Waals surface area contributed by atoms with Crippen LogP contribution in [-0.2, 0) is 12.1 Å². The first-order valence-corrected chi connectivity index (χ1v) is 20.4. The number of fused-ring (bicyclic) bond motifs is 2. The van der Waals surface area contributed by atoms with Crippen molar-refractivity contribution in [1.29, 1.82) is 0 Å². The fourth-order valence-electron chi connectivity index (χ4n) is 8.97. The van der Waals surface area contributed by atoms with Crippen LogP contribution in [0.5, 0.6) is 5.88 Å². The van der Waals surface area contributed by atoms with Crippen LogP contribution in [0.25, 0.3) is 21.7 Å². The minimum Gasteiger partial charge on any atom is -0.481 e. The summed E-state index contributed by atoms with van der Waals surface area (Å²) in [5.74, 6) is 0.128. The standard InChI is InChI=1S/C47H51BrN4O2/c1-54-46-43(32-39-31-41(48)20-21-44(39)49-46)45(37-15-6-3-7-16-37)47(53,40-19-18-36-14-8-9-17-38(36)30-40)23-10-11-24-50-26-28-52(29-27-50)42-22-25-51(34-42)33-35-12-4-2-5-13-35/h2-9,12-21,30-32,42,45,53H,10-11,22-29,33-34H2,1H3. The number of pyridine rings is 1. The van der Waals surface area contributed by atoms with Crippen LogP contribution in [0.1, 0.15) is 53.9 Å². The Hall–Kier alpha value is -4.11. The molecule has 2 aliphatic heterocycles. The number of unbranched alkanes of at least 4 members (excludes halogenated alkanes) is 1. The van der Waals surface area contributed by atoms with Gasteiger partial charge in [-0.1, -0.05) is 113 Å². The van der Waals surface area contributed by atoms with Gasteiger partial charge in [0.1, 0.15) is 5.60 Å². The first kappa shape index (κ1) is 36.8. The molecule has 1 N–H and O–H groups in total. The molecule has 6 aromatic rings. The van der Waals surface area contributed by atoms with Crippen molar-refractivity contribution in [3.8, 4) is 5.88 Å². The molecular weight excluding hydrogens is 732 g/mol. The van der Waals surface area contributed by atoms with Crippen LogP contribution in [0.3, 0.4) is 0 Å². The SMILES string of the molecule is COc1nc2ccc(Br)cc2cc1C(c1ccccc1)C(O)(CCCCN1CCN(C2CCN(Cc3ccccc3)C2)CC1)c1ccc2ccccc2c1. The van der Waals surface area contributed by atoms with Gasteiger partial charge in [0.15, 0.2) is 0 Å². The summed E-state index contributed by atoms with van der Waals surface area (Å²) in [4.78, 5) is 13.0. The van der Waals surface area contributed by atoms with Gasteiger partial charge < -0.3 is 14.7 Å². The molecule has 0 radical (unpaired) electrons. The number of hydrogen-bond donors (Lipinski definition) is 1. The van der Waals surface area contributed by atoms with Gasteiger partial charge in [-0.25, -0.2) is 4.98 Å². The Bertz CT molecular complexity index is 2160. The van der Waals surface area contributed by atoms with Crippen LogP contribution in [-0.4, -0.2) is 83.8 Å². The lowest BCUT2D eigenvalue weighted by Gasteiger charge is -2.39. The van der Waals surface area contributed by atoms with Gasteiger partial charge in [-0.15, -0.1) is 0 Å². The molecule has 1 aromatic heterocycles. The Balaban J connectivity index is 1.01. The minimum atomic E-state index is -1.23. The van der Waals surface area contributed by atoms with E-state index in [1.165, 1.54) is 25.1 Å². The zero-order chi connectivity index (χ0) is 36.9. The van der Waals surface area contributed by atoms with Crippen LogP contribution in [0.2, 0.25) is 0 Å². The maximum Gasteiger partial charge on any atom is 0.217 e. The van der Waals surface area contributed by atoms with E-state index in [0.717, 1.165) is 94.9 Å². The second-order valence-corrected chi connectivity index (χ2v) is 16.2. The molecule has 2 fully saturated rings. The van der Waals surface area contributed by atoms with Crippen LogP contribution in [0.4, 0.5) is 0 Å². The molecule has 3 unspecified atom stereocenters. The molecule has 7 heteroatoms. The number of rotatable bonds is 13. The molecular formula is C47H51BrN4O2. The first-order chi connectivity index (χ1) is 26.5. The predicted molar refractivity (Wildman–Crippen MR) is 224 cm³/mol. The van der Waals surface area contributed by atoms with Crippen molar-refractivity contribution in [2.45, 2.75) is 49.8 Å². The normalized spacial score (nSPS) is 18.9.